The third-order valence-corrected chi connectivity index (χ3v) is 3.79. The van der Waals surface area contributed by atoms with Crippen molar-refractivity contribution in [3.8, 4) is 0 Å². The van der Waals surface area contributed by atoms with Crippen LogP contribution in [0.5, 0.6) is 0 Å². The molecule has 0 saturated heterocycles. The summed E-state index contributed by atoms with van der Waals surface area (Å²) in [6.45, 7) is 0.415. The van der Waals surface area contributed by atoms with Crippen LogP contribution in [-0.4, -0.2) is 37.1 Å². The highest BCUT2D eigenvalue weighted by Gasteiger charge is 2.16. The van der Waals surface area contributed by atoms with Crippen LogP contribution >= 0.6 is 12.4 Å². The van der Waals surface area contributed by atoms with Gasteiger partial charge in [0.05, 0.1) is 18.0 Å². The molecule has 0 bridgehead atoms. The third-order valence-electron chi connectivity index (χ3n) is 1.96. The zero-order valence-electron chi connectivity index (χ0n) is 9.04. The molecule has 0 spiro atoms. The maximum absolute atomic E-state index is 11.6. The molecule has 1 heterocycles. The van der Waals surface area contributed by atoms with Crippen LogP contribution in [0.4, 0.5) is 0 Å². The van der Waals surface area contributed by atoms with E-state index in [4.69, 9.17) is 5.73 Å². The SMILES string of the molecule is CN(Cc1ccccn1)S(=O)(=O)CCN.Cl. The van der Waals surface area contributed by atoms with E-state index in [1.807, 2.05) is 6.07 Å². The molecule has 1 rings (SSSR count). The van der Waals surface area contributed by atoms with E-state index in [0.29, 0.717) is 0 Å². The molecule has 1 aromatic rings. The molecule has 0 unspecified atom stereocenters. The molecule has 0 aromatic carbocycles. The summed E-state index contributed by atoms with van der Waals surface area (Å²) in [7, 11) is -1.71. The van der Waals surface area contributed by atoms with Crippen LogP contribution in [0.3, 0.4) is 0 Å². The van der Waals surface area contributed by atoms with Gasteiger partial charge in [0, 0.05) is 19.8 Å². The molecule has 0 fully saturated rings. The Morgan fingerprint density at radius 2 is 2.12 bits per heavy atom. The van der Waals surface area contributed by atoms with Crippen LogP contribution in [0.15, 0.2) is 24.4 Å². The van der Waals surface area contributed by atoms with Crippen LogP contribution in [0, 0.1) is 0 Å². The highest BCUT2D eigenvalue weighted by atomic mass is 35.5. The summed E-state index contributed by atoms with van der Waals surface area (Å²) in [4.78, 5) is 4.05. The van der Waals surface area contributed by atoms with Crippen molar-refractivity contribution in [1.82, 2.24) is 9.29 Å². The van der Waals surface area contributed by atoms with Gasteiger partial charge in [0.2, 0.25) is 10.0 Å². The Balaban J connectivity index is 0.00000225. The van der Waals surface area contributed by atoms with E-state index in [2.05, 4.69) is 4.98 Å². The quantitative estimate of drug-likeness (QED) is 0.827. The van der Waals surface area contributed by atoms with Crippen molar-refractivity contribution in [2.75, 3.05) is 19.3 Å². The Morgan fingerprint density at radius 1 is 1.44 bits per heavy atom. The lowest BCUT2D eigenvalue weighted by Gasteiger charge is -2.15. The molecular weight excluding hydrogens is 250 g/mol. The van der Waals surface area contributed by atoms with Crippen molar-refractivity contribution in [2.24, 2.45) is 5.73 Å². The summed E-state index contributed by atoms with van der Waals surface area (Å²) < 4.78 is 24.4. The minimum atomic E-state index is -3.24. The fourth-order valence-electron chi connectivity index (χ4n) is 1.12. The predicted octanol–water partition coefficient (Wildman–Crippen LogP) is 0.224. The van der Waals surface area contributed by atoms with Crippen molar-refractivity contribution in [3.05, 3.63) is 30.1 Å². The zero-order valence-corrected chi connectivity index (χ0v) is 10.7. The highest BCUT2D eigenvalue weighted by Crippen LogP contribution is 2.04. The van der Waals surface area contributed by atoms with E-state index < -0.39 is 10.0 Å². The molecule has 0 aliphatic rings. The molecule has 16 heavy (non-hydrogen) atoms. The molecule has 0 amide bonds. The Labute approximate surface area is 102 Å². The standard InChI is InChI=1S/C9H15N3O2S.ClH/c1-12(15(13,14)7-5-10)8-9-4-2-3-6-11-9;/h2-4,6H,5,7-8,10H2,1H3;1H. The van der Waals surface area contributed by atoms with Crippen LogP contribution in [0.2, 0.25) is 0 Å². The smallest absolute Gasteiger partial charge is 0.215 e. The average Bonchev–Trinajstić information content (AvgIpc) is 2.19. The predicted molar refractivity (Wildman–Crippen MR) is 65.8 cm³/mol. The monoisotopic (exact) mass is 265 g/mol. The number of hydrogen-bond acceptors (Lipinski definition) is 4. The van der Waals surface area contributed by atoms with Crippen LogP contribution in [-0.2, 0) is 16.6 Å². The number of hydrogen-bond donors (Lipinski definition) is 1. The summed E-state index contributed by atoms with van der Waals surface area (Å²) in [6, 6.07) is 5.40. The number of rotatable bonds is 5. The first kappa shape index (κ1) is 15.3. The van der Waals surface area contributed by atoms with Gasteiger partial charge < -0.3 is 5.73 Å². The number of sulfonamides is 1. The Bertz CT molecular complexity index is 396. The summed E-state index contributed by atoms with van der Waals surface area (Å²) in [6.07, 6.45) is 1.64. The second-order valence-electron chi connectivity index (χ2n) is 3.18. The van der Waals surface area contributed by atoms with Crippen molar-refractivity contribution in [1.29, 1.82) is 0 Å². The lowest BCUT2D eigenvalue weighted by atomic mass is 10.3. The molecule has 0 saturated carbocycles. The third kappa shape index (κ3) is 4.44. The minimum absolute atomic E-state index is 0. The first-order chi connectivity index (χ1) is 7.06. The second-order valence-corrected chi connectivity index (χ2v) is 5.38. The average molecular weight is 266 g/mol. The normalized spacial score (nSPS) is 11.2. The van der Waals surface area contributed by atoms with Gasteiger partial charge in [0.15, 0.2) is 0 Å². The van der Waals surface area contributed by atoms with E-state index in [9.17, 15) is 8.42 Å². The van der Waals surface area contributed by atoms with Gasteiger partial charge in [-0.2, -0.15) is 4.31 Å². The molecule has 92 valence electrons. The molecule has 0 aliphatic carbocycles. The summed E-state index contributed by atoms with van der Waals surface area (Å²) >= 11 is 0. The molecule has 1 aromatic heterocycles. The van der Waals surface area contributed by atoms with Crippen LogP contribution in [0.25, 0.3) is 0 Å². The fourth-order valence-corrected chi connectivity index (χ4v) is 2.06. The van der Waals surface area contributed by atoms with Crippen molar-refractivity contribution < 1.29 is 8.42 Å². The van der Waals surface area contributed by atoms with Gasteiger partial charge in [-0.25, -0.2) is 8.42 Å². The van der Waals surface area contributed by atoms with Gasteiger partial charge >= 0.3 is 0 Å². The second kappa shape index (κ2) is 6.80. The first-order valence-electron chi connectivity index (χ1n) is 4.60. The van der Waals surface area contributed by atoms with E-state index >= 15 is 0 Å². The van der Waals surface area contributed by atoms with Gasteiger partial charge in [0.1, 0.15) is 0 Å². The number of pyridine rings is 1. The van der Waals surface area contributed by atoms with Crippen molar-refractivity contribution >= 4 is 22.4 Å². The van der Waals surface area contributed by atoms with E-state index in [1.54, 1.807) is 18.3 Å². The largest absolute Gasteiger partial charge is 0.329 e. The van der Waals surface area contributed by atoms with Crippen molar-refractivity contribution in [3.63, 3.8) is 0 Å². The number of aromatic nitrogens is 1. The van der Waals surface area contributed by atoms with E-state index in [1.165, 1.54) is 11.4 Å². The number of nitrogens with zero attached hydrogens (tertiary/aromatic N) is 2. The van der Waals surface area contributed by atoms with Gasteiger partial charge in [0.25, 0.3) is 0 Å². The maximum atomic E-state index is 11.6. The van der Waals surface area contributed by atoms with E-state index in [-0.39, 0.29) is 31.2 Å². The number of nitrogens with two attached hydrogens (primary N) is 1. The Morgan fingerprint density at radius 3 is 2.62 bits per heavy atom. The molecule has 5 nitrogen and oxygen atoms in total. The summed E-state index contributed by atoms with van der Waals surface area (Å²) in [5.41, 5.74) is 5.95. The molecule has 2 N–H and O–H groups in total. The molecule has 7 heteroatoms. The molecule has 0 atom stereocenters. The molecule has 0 aliphatic heterocycles. The van der Waals surface area contributed by atoms with Gasteiger partial charge in [-0.1, -0.05) is 6.07 Å². The van der Waals surface area contributed by atoms with E-state index in [0.717, 1.165) is 5.69 Å². The highest BCUT2D eigenvalue weighted by molar-refractivity contribution is 7.89. The zero-order chi connectivity index (χ0) is 11.3. The van der Waals surface area contributed by atoms with Crippen LogP contribution < -0.4 is 5.73 Å². The molecule has 0 radical (unpaired) electrons. The maximum Gasteiger partial charge on any atom is 0.215 e. The van der Waals surface area contributed by atoms with Crippen LogP contribution in [0.1, 0.15) is 5.69 Å². The molecular formula is C9H16ClN3O2S. The fraction of sp³-hybridized carbons (Fsp3) is 0.444. The van der Waals surface area contributed by atoms with Gasteiger partial charge in [-0.15, -0.1) is 12.4 Å². The minimum Gasteiger partial charge on any atom is -0.329 e. The van der Waals surface area contributed by atoms with Gasteiger partial charge in [-0.3, -0.25) is 4.98 Å². The lowest BCUT2D eigenvalue weighted by Crippen LogP contribution is -2.31. The number of halogens is 1. The first-order valence-corrected chi connectivity index (χ1v) is 6.21. The summed E-state index contributed by atoms with van der Waals surface area (Å²) in [5.74, 6) is -0.0314. The Hall–Kier alpha value is -0.690. The lowest BCUT2D eigenvalue weighted by molar-refractivity contribution is 0.462. The van der Waals surface area contributed by atoms with Gasteiger partial charge in [-0.05, 0) is 12.1 Å². The van der Waals surface area contributed by atoms with Crippen molar-refractivity contribution in [2.45, 2.75) is 6.54 Å². The summed E-state index contributed by atoms with van der Waals surface area (Å²) in [5, 5.41) is 0. The topological polar surface area (TPSA) is 76.3 Å². The Kier molecular flexibility index (Phi) is 6.51.